The van der Waals surface area contributed by atoms with Crippen molar-refractivity contribution in [1.29, 1.82) is 0 Å². The number of nitrogens with zero attached hydrogens (tertiary/aromatic N) is 3. The maximum absolute atomic E-state index is 12.3. The fourth-order valence-electron chi connectivity index (χ4n) is 3.04. The smallest absolute Gasteiger partial charge is 0.325 e. The molecule has 8 heteroatoms. The molecule has 0 aliphatic rings. The zero-order chi connectivity index (χ0) is 21.3. The van der Waals surface area contributed by atoms with Gasteiger partial charge in [-0.25, -0.2) is 9.78 Å². The first-order chi connectivity index (χ1) is 13.7. The third-order valence-corrected chi connectivity index (χ3v) is 4.99. The van der Waals surface area contributed by atoms with Crippen LogP contribution in [0.3, 0.4) is 0 Å². The molecule has 1 aromatic carbocycles. The summed E-state index contributed by atoms with van der Waals surface area (Å²) >= 11 is 0. The summed E-state index contributed by atoms with van der Waals surface area (Å²) in [7, 11) is 2.90. The lowest BCUT2D eigenvalue weighted by atomic mass is 10.0. The summed E-state index contributed by atoms with van der Waals surface area (Å²) in [6.07, 6.45) is 1.46. The molecule has 0 bridgehead atoms. The first kappa shape index (κ1) is 20.2. The fraction of sp³-hybridized carbons (Fsp3) is 0.286. The summed E-state index contributed by atoms with van der Waals surface area (Å²) in [5.41, 5.74) is 2.31. The van der Waals surface area contributed by atoms with Crippen LogP contribution in [0.5, 0.6) is 0 Å². The van der Waals surface area contributed by atoms with Crippen LogP contribution in [0.1, 0.15) is 34.3 Å². The molecule has 0 saturated heterocycles. The number of nitrogens with one attached hydrogen (secondary N) is 1. The number of aromatic nitrogens is 3. The third-order valence-electron chi connectivity index (χ3n) is 4.99. The number of anilines is 1. The minimum absolute atomic E-state index is 0.00901. The van der Waals surface area contributed by atoms with Gasteiger partial charge < -0.3 is 5.32 Å². The molecule has 3 rings (SSSR count). The number of carbonyl (C=O) groups is 2. The van der Waals surface area contributed by atoms with Crippen molar-refractivity contribution in [2.24, 2.45) is 14.1 Å². The Labute approximate surface area is 166 Å². The minimum Gasteiger partial charge on any atom is -0.325 e. The summed E-state index contributed by atoms with van der Waals surface area (Å²) in [5, 5.41) is 2.87. The van der Waals surface area contributed by atoms with Crippen LogP contribution < -0.4 is 16.6 Å². The molecule has 0 unspecified atom stereocenters. The Bertz CT molecular complexity index is 1250. The third kappa shape index (κ3) is 4.01. The van der Waals surface area contributed by atoms with Crippen LogP contribution in [0.2, 0.25) is 0 Å². The largest absolute Gasteiger partial charge is 0.332 e. The average molecular weight is 394 g/mol. The first-order valence-corrected chi connectivity index (χ1v) is 9.15. The van der Waals surface area contributed by atoms with Crippen molar-refractivity contribution >= 4 is 28.4 Å². The zero-order valence-corrected chi connectivity index (χ0v) is 16.8. The van der Waals surface area contributed by atoms with Gasteiger partial charge in [-0.1, -0.05) is 12.1 Å². The molecule has 1 amide bonds. The van der Waals surface area contributed by atoms with Gasteiger partial charge in [0, 0.05) is 32.5 Å². The molecule has 150 valence electrons. The number of amides is 1. The predicted molar refractivity (Wildman–Crippen MR) is 110 cm³/mol. The molecular formula is C21H22N4O4. The van der Waals surface area contributed by atoms with E-state index in [1.807, 2.05) is 26.0 Å². The van der Waals surface area contributed by atoms with Gasteiger partial charge in [-0.15, -0.1) is 0 Å². The molecular weight excluding hydrogens is 372 g/mol. The number of fused-ring (bicyclic) bond motifs is 1. The van der Waals surface area contributed by atoms with Gasteiger partial charge in [-0.2, -0.15) is 0 Å². The van der Waals surface area contributed by atoms with Crippen LogP contribution in [0.15, 0.2) is 40.1 Å². The Morgan fingerprint density at radius 1 is 1.00 bits per heavy atom. The van der Waals surface area contributed by atoms with Crippen molar-refractivity contribution in [2.45, 2.75) is 26.7 Å². The lowest BCUT2D eigenvalue weighted by Gasteiger charge is -2.09. The van der Waals surface area contributed by atoms with Gasteiger partial charge in [0.15, 0.2) is 5.78 Å². The van der Waals surface area contributed by atoms with Crippen LogP contribution in [0.4, 0.5) is 5.69 Å². The van der Waals surface area contributed by atoms with Crippen molar-refractivity contribution in [3.8, 4) is 0 Å². The maximum Gasteiger partial charge on any atom is 0.332 e. The molecule has 0 atom stereocenters. The molecule has 0 saturated carbocycles. The number of rotatable bonds is 5. The van der Waals surface area contributed by atoms with Crippen molar-refractivity contribution in [1.82, 2.24) is 14.1 Å². The van der Waals surface area contributed by atoms with Gasteiger partial charge in [0.05, 0.1) is 17.3 Å². The van der Waals surface area contributed by atoms with Crippen LogP contribution in [0.25, 0.3) is 11.0 Å². The number of hydrogen-bond donors (Lipinski definition) is 1. The van der Waals surface area contributed by atoms with Crippen LogP contribution in [-0.2, 0) is 18.9 Å². The SMILES string of the molecule is Cc1ccc(C(=O)CCC(=O)Nc2cnc3c(c2)c(=O)n(C)c(=O)n3C)cc1C. The summed E-state index contributed by atoms with van der Waals surface area (Å²) in [6.45, 7) is 3.91. The van der Waals surface area contributed by atoms with E-state index in [0.29, 0.717) is 11.3 Å². The van der Waals surface area contributed by atoms with E-state index >= 15 is 0 Å². The van der Waals surface area contributed by atoms with E-state index in [0.717, 1.165) is 15.7 Å². The number of pyridine rings is 1. The molecule has 0 fully saturated rings. The van der Waals surface area contributed by atoms with Crippen LogP contribution >= 0.6 is 0 Å². The minimum atomic E-state index is -0.489. The molecule has 1 N–H and O–H groups in total. The van der Waals surface area contributed by atoms with Crippen molar-refractivity contribution in [3.05, 3.63) is 68.0 Å². The normalized spacial score (nSPS) is 10.9. The molecule has 0 aliphatic heterocycles. The maximum atomic E-state index is 12.3. The standard InChI is InChI=1S/C21H22N4O4/c1-12-5-6-14(9-13(12)2)17(26)7-8-18(27)23-15-10-16-19(22-11-15)24(3)21(29)25(4)20(16)28/h5-6,9-11H,7-8H2,1-4H3,(H,23,27). The molecule has 3 aromatic rings. The first-order valence-electron chi connectivity index (χ1n) is 9.15. The number of ketones is 1. The highest BCUT2D eigenvalue weighted by atomic mass is 16.2. The Hall–Kier alpha value is -3.55. The van der Waals surface area contributed by atoms with Gasteiger partial charge in [0.2, 0.25) is 5.91 Å². The van der Waals surface area contributed by atoms with E-state index in [4.69, 9.17) is 0 Å². The Morgan fingerprint density at radius 3 is 2.41 bits per heavy atom. The fourth-order valence-corrected chi connectivity index (χ4v) is 3.04. The number of aryl methyl sites for hydroxylation is 3. The highest BCUT2D eigenvalue weighted by Gasteiger charge is 2.13. The highest BCUT2D eigenvalue weighted by molar-refractivity contribution is 6.00. The van der Waals surface area contributed by atoms with Gasteiger partial charge in [0.25, 0.3) is 5.56 Å². The van der Waals surface area contributed by atoms with E-state index < -0.39 is 11.2 Å². The Balaban J connectivity index is 1.73. The van der Waals surface area contributed by atoms with Gasteiger partial charge in [0.1, 0.15) is 5.65 Å². The second-order valence-electron chi connectivity index (χ2n) is 7.07. The van der Waals surface area contributed by atoms with Crippen LogP contribution in [-0.4, -0.2) is 25.8 Å². The van der Waals surface area contributed by atoms with Gasteiger partial charge in [-0.3, -0.25) is 23.5 Å². The van der Waals surface area contributed by atoms with Crippen molar-refractivity contribution in [2.75, 3.05) is 5.32 Å². The second kappa shape index (κ2) is 7.83. The molecule has 29 heavy (non-hydrogen) atoms. The van der Waals surface area contributed by atoms with E-state index in [1.54, 1.807) is 6.07 Å². The molecule has 0 aliphatic carbocycles. The summed E-state index contributed by atoms with van der Waals surface area (Å²) in [6, 6.07) is 6.95. The van der Waals surface area contributed by atoms with Crippen molar-refractivity contribution < 1.29 is 9.59 Å². The Morgan fingerprint density at radius 2 is 1.72 bits per heavy atom. The topological polar surface area (TPSA) is 103 Å². The van der Waals surface area contributed by atoms with E-state index in [2.05, 4.69) is 10.3 Å². The number of carbonyl (C=O) groups excluding carboxylic acids is 2. The number of Topliss-reactive ketones (excluding diaryl/α,β-unsaturated/α-hetero) is 1. The van der Waals surface area contributed by atoms with Crippen molar-refractivity contribution in [3.63, 3.8) is 0 Å². The highest BCUT2D eigenvalue weighted by Crippen LogP contribution is 2.14. The van der Waals surface area contributed by atoms with E-state index in [-0.39, 0.29) is 35.6 Å². The Kier molecular flexibility index (Phi) is 5.45. The number of hydrogen-bond acceptors (Lipinski definition) is 5. The lowest BCUT2D eigenvalue weighted by molar-refractivity contribution is -0.116. The van der Waals surface area contributed by atoms with Gasteiger partial charge >= 0.3 is 5.69 Å². The summed E-state index contributed by atoms with van der Waals surface area (Å²) < 4.78 is 2.25. The summed E-state index contributed by atoms with van der Waals surface area (Å²) in [4.78, 5) is 53.0. The average Bonchev–Trinajstić information content (AvgIpc) is 2.70. The monoisotopic (exact) mass is 394 g/mol. The summed E-state index contributed by atoms with van der Waals surface area (Å²) in [5.74, 6) is -0.464. The van der Waals surface area contributed by atoms with Crippen LogP contribution in [0, 0.1) is 13.8 Å². The quantitative estimate of drug-likeness (QED) is 0.665. The second-order valence-corrected chi connectivity index (χ2v) is 7.07. The predicted octanol–water partition coefficient (Wildman–Crippen LogP) is 1.85. The van der Waals surface area contributed by atoms with E-state index in [1.165, 1.54) is 30.9 Å². The molecule has 0 spiro atoms. The molecule has 2 heterocycles. The number of benzene rings is 1. The molecule has 8 nitrogen and oxygen atoms in total. The zero-order valence-electron chi connectivity index (χ0n) is 16.8. The molecule has 2 aromatic heterocycles. The van der Waals surface area contributed by atoms with E-state index in [9.17, 15) is 19.2 Å². The van der Waals surface area contributed by atoms with Gasteiger partial charge in [-0.05, 0) is 37.1 Å². The lowest BCUT2D eigenvalue weighted by Crippen LogP contribution is -2.37. The molecule has 0 radical (unpaired) electrons.